The number of esters is 1. The maximum Gasteiger partial charge on any atom is 0.324 e. The molecule has 0 spiro atoms. The SMILES string of the molecule is O=C(OC1CCCC1)[C@@H]1Cc2ccccc2SN1. The molecule has 0 radical (unpaired) electrons. The quantitative estimate of drug-likeness (QED) is 0.657. The second kappa shape index (κ2) is 5.33. The Bertz CT molecular complexity index is 443. The van der Waals surface area contributed by atoms with Gasteiger partial charge in [-0.2, -0.15) is 0 Å². The largest absolute Gasteiger partial charge is 0.461 e. The highest BCUT2D eigenvalue weighted by Crippen LogP contribution is 2.28. The summed E-state index contributed by atoms with van der Waals surface area (Å²) >= 11 is 1.53. The predicted octanol–water partition coefficient (Wildman–Crippen LogP) is 2.69. The molecular formula is C14H17NO2S. The summed E-state index contributed by atoms with van der Waals surface area (Å²) in [4.78, 5) is 13.3. The average Bonchev–Trinajstić information content (AvgIpc) is 2.91. The molecule has 3 nitrogen and oxygen atoms in total. The molecule has 1 aromatic carbocycles. The summed E-state index contributed by atoms with van der Waals surface area (Å²) in [5.74, 6) is -0.0936. The first-order chi connectivity index (χ1) is 8.83. The Kier molecular flexibility index (Phi) is 3.57. The minimum Gasteiger partial charge on any atom is -0.461 e. The fourth-order valence-corrected chi connectivity index (χ4v) is 3.43. The van der Waals surface area contributed by atoms with E-state index in [2.05, 4.69) is 16.9 Å². The molecule has 0 amide bonds. The van der Waals surface area contributed by atoms with Crippen LogP contribution in [0.3, 0.4) is 0 Å². The van der Waals surface area contributed by atoms with E-state index in [0.29, 0.717) is 0 Å². The van der Waals surface area contributed by atoms with Gasteiger partial charge >= 0.3 is 5.97 Å². The van der Waals surface area contributed by atoms with Gasteiger partial charge in [-0.15, -0.1) is 0 Å². The van der Waals surface area contributed by atoms with Crippen molar-refractivity contribution in [1.29, 1.82) is 0 Å². The zero-order valence-corrected chi connectivity index (χ0v) is 11.0. The number of ether oxygens (including phenoxy) is 1. The van der Waals surface area contributed by atoms with Crippen LogP contribution in [0.25, 0.3) is 0 Å². The predicted molar refractivity (Wildman–Crippen MR) is 71.3 cm³/mol. The summed E-state index contributed by atoms with van der Waals surface area (Å²) in [7, 11) is 0. The molecule has 18 heavy (non-hydrogen) atoms. The molecule has 4 heteroatoms. The fraction of sp³-hybridized carbons (Fsp3) is 0.500. The fourth-order valence-electron chi connectivity index (χ4n) is 2.55. The summed E-state index contributed by atoms with van der Waals surface area (Å²) in [6, 6.07) is 7.99. The van der Waals surface area contributed by atoms with Crippen LogP contribution in [0, 0.1) is 0 Å². The number of fused-ring (bicyclic) bond motifs is 1. The third kappa shape index (κ3) is 2.54. The number of nitrogens with one attached hydrogen (secondary N) is 1. The molecule has 96 valence electrons. The van der Waals surface area contributed by atoms with E-state index in [1.807, 2.05) is 12.1 Å². The highest BCUT2D eigenvalue weighted by atomic mass is 32.2. The number of benzene rings is 1. The molecule has 0 unspecified atom stereocenters. The van der Waals surface area contributed by atoms with Gasteiger partial charge in [0, 0.05) is 11.3 Å². The topological polar surface area (TPSA) is 38.3 Å². The van der Waals surface area contributed by atoms with Gasteiger partial charge in [0.1, 0.15) is 12.1 Å². The van der Waals surface area contributed by atoms with Crippen LogP contribution in [0.5, 0.6) is 0 Å². The first-order valence-corrected chi connectivity index (χ1v) is 7.35. The van der Waals surface area contributed by atoms with Crippen molar-refractivity contribution >= 4 is 17.9 Å². The van der Waals surface area contributed by atoms with Crippen molar-refractivity contribution in [2.45, 2.75) is 49.1 Å². The monoisotopic (exact) mass is 263 g/mol. The highest BCUT2D eigenvalue weighted by molar-refractivity contribution is 7.97. The lowest BCUT2D eigenvalue weighted by Crippen LogP contribution is -2.39. The van der Waals surface area contributed by atoms with Crippen LogP contribution < -0.4 is 4.72 Å². The molecule has 0 saturated heterocycles. The van der Waals surface area contributed by atoms with Gasteiger partial charge in [-0.05, 0) is 49.3 Å². The van der Waals surface area contributed by atoms with Crippen molar-refractivity contribution in [2.24, 2.45) is 0 Å². The van der Waals surface area contributed by atoms with Gasteiger partial charge < -0.3 is 4.74 Å². The van der Waals surface area contributed by atoms with E-state index < -0.39 is 0 Å². The minimum absolute atomic E-state index is 0.0936. The first kappa shape index (κ1) is 12.1. The molecule has 1 atom stereocenters. The van der Waals surface area contributed by atoms with Gasteiger partial charge in [-0.1, -0.05) is 18.2 Å². The first-order valence-electron chi connectivity index (χ1n) is 6.54. The lowest BCUT2D eigenvalue weighted by Gasteiger charge is -2.24. The lowest BCUT2D eigenvalue weighted by atomic mass is 10.1. The average molecular weight is 263 g/mol. The molecule has 2 aliphatic rings. The van der Waals surface area contributed by atoms with Crippen LogP contribution in [-0.2, 0) is 16.0 Å². The van der Waals surface area contributed by atoms with E-state index in [1.54, 1.807) is 0 Å². The summed E-state index contributed by atoms with van der Waals surface area (Å²) in [5.41, 5.74) is 1.23. The summed E-state index contributed by atoms with van der Waals surface area (Å²) in [5, 5.41) is 0. The van der Waals surface area contributed by atoms with Crippen LogP contribution in [0.15, 0.2) is 29.2 Å². The highest BCUT2D eigenvalue weighted by Gasteiger charge is 2.28. The Morgan fingerprint density at radius 1 is 1.28 bits per heavy atom. The van der Waals surface area contributed by atoms with E-state index in [9.17, 15) is 4.79 Å². The summed E-state index contributed by atoms with van der Waals surface area (Å²) < 4.78 is 8.74. The van der Waals surface area contributed by atoms with Crippen molar-refractivity contribution in [2.75, 3.05) is 0 Å². The third-order valence-electron chi connectivity index (χ3n) is 3.58. The Morgan fingerprint density at radius 3 is 2.89 bits per heavy atom. The van der Waals surface area contributed by atoms with Crippen LogP contribution in [0.1, 0.15) is 31.2 Å². The van der Waals surface area contributed by atoms with Gasteiger partial charge in [-0.3, -0.25) is 4.79 Å². The van der Waals surface area contributed by atoms with E-state index >= 15 is 0 Å². The van der Waals surface area contributed by atoms with Crippen LogP contribution in [0.2, 0.25) is 0 Å². The molecular weight excluding hydrogens is 246 g/mol. The van der Waals surface area contributed by atoms with Gasteiger partial charge in [0.2, 0.25) is 0 Å². The number of hydrogen-bond acceptors (Lipinski definition) is 4. The van der Waals surface area contributed by atoms with Gasteiger partial charge in [0.15, 0.2) is 0 Å². The molecule has 1 heterocycles. The van der Waals surface area contributed by atoms with Gasteiger partial charge in [-0.25, -0.2) is 4.72 Å². The van der Waals surface area contributed by atoms with Crippen molar-refractivity contribution in [1.82, 2.24) is 4.72 Å². The molecule has 1 aliphatic carbocycles. The number of rotatable bonds is 2. The summed E-state index contributed by atoms with van der Waals surface area (Å²) in [6.45, 7) is 0. The molecule has 1 N–H and O–H groups in total. The lowest BCUT2D eigenvalue weighted by molar-refractivity contribution is -0.150. The van der Waals surface area contributed by atoms with Crippen LogP contribution >= 0.6 is 11.9 Å². The normalized spacial score (nSPS) is 23.7. The minimum atomic E-state index is -0.203. The number of hydrogen-bond donors (Lipinski definition) is 1. The van der Waals surface area contributed by atoms with Crippen molar-refractivity contribution in [3.8, 4) is 0 Å². The molecule has 1 fully saturated rings. The van der Waals surface area contributed by atoms with Crippen LogP contribution in [0.4, 0.5) is 0 Å². The Hall–Kier alpha value is -1.00. The summed E-state index contributed by atoms with van der Waals surface area (Å²) in [6.07, 6.45) is 5.32. The number of carbonyl (C=O) groups excluding carboxylic acids is 1. The molecule has 0 aromatic heterocycles. The number of carbonyl (C=O) groups is 1. The maximum absolute atomic E-state index is 12.1. The third-order valence-corrected chi connectivity index (χ3v) is 4.60. The van der Waals surface area contributed by atoms with Crippen molar-refractivity contribution < 1.29 is 9.53 Å². The molecule has 0 bridgehead atoms. The van der Waals surface area contributed by atoms with Crippen molar-refractivity contribution in [3.63, 3.8) is 0 Å². The van der Waals surface area contributed by atoms with Gasteiger partial charge in [0.05, 0.1) is 0 Å². The standard InChI is InChI=1S/C14H17NO2S/c16-14(17-11-6-2-3-7-11)12-9-10-5-1-4-8-13(10)18-15-12/h1,4-5,8,11-12,15H,2-3,6-7,9H2/t12-/m0/s1. The van der Waals surface area contributed by atoms with E-state index in [-0.39, 0.29) is 18.1 Å². The zero-order valence-electron chi connectivity index (χ0n) is 10.2. The Morgan fingerprint density at radius 2 is 2.06 bits per heavy atom. The van der Waals surface area contributed by atoms with E-state index in [0.717, 1.165) is 19.3 Å². The maximum atomic E-state index is 12.1. The molecule has 1 saturated carbocycles. The van der Waals surface area contributed by atoms with Gasteiger partial charge in [0.25, 0.3) is 0 Å². The van der Waals surface area contributed by atoms with Crippen molar-refractivity contribution in [3.05, 3.63) is 29.8 Å². The Balaban J connectivity index is 1.62. The Labute approximate surface area is 111 Å². The smallest absolute Gasteiger partial charge is 0.324 e. The second-order valence-corrected chi connectivity index (χ2v) is 5.81. The van der Waals surface area contributed by atoms with Crippen LogP contribution in [-0.4, -0.2) is 18.1 Å². The molecule has 1 aromatic rings. The molecule has 1 aliphatic heterocycles. The molecule has 3 rings (SSSR count). The zero-order chi connectivity index (χ0) is 12.4. The van der Waals surface area contributed by atoms with E-state index in [1.165, 1.54) is 35.2 Å². The van der Waals surface area contributed by atoms with E-state index in [4.69, 9.17) is 4.74 Å². The second-order valence-electron chi connectivity index (χ2n) is 4.93.